The molecular weight excluding hydrogens is 323 g/mol. The van der Waals surface area contributed by atoms with Gasteiger partial charge >= 0.3 is 6.16 Å². The quantitative estimate of drug-likeness (QED) is 0.560. The number of H-pyrrole nitrogens is 1. The summed E-state index contributed by atoms with van der Waals surface area (Å²) in [6.07, 6.45) is 1.19. The summed E-state index contributed by atoms with van der Waals surface area (Å²) in [5.41, 5.74) is 1.13. The lowest BCUT2D eigenvalue weighted by Gasteiger charge is -2.05. The fourth-order valence-corrected chi connectivity index (χ4v) is 2.89. The van der Waals surface area contributed by atoms with Gasteiger partial charge in [0.1, 0.15) is 5.82 Å². The first-order chi connectivity index (χ1) is 10.9. The van der Waals surface area contributed by atoms with Gasteiger partial charge in [0, 0.05) is 16.2 Å². The van der Waals surface area contributed by atoms with Crippen LogP contribution in [0, 0.1) is 5.82 Å². The molecule has 0 saturated heterocycles. The second-order valence-electron chi connectivity index (χ2n) is 5.02. The molecule has 3 rings (SSSR count). The predicted octanol–water partition coefficient (Wildman–Crippen LogP) is 3.45. The van der Waals surface area contributed by atoms with Crippen LogP contribution in [0.1, 0.15) is 13.8 Å². The van der Waals surface area contributed by atoms with Gasteiger partial charge in [-0.2, -0.15) is 5.10 Å². The van der Waals surface area contributed by atoms with Crippen molar-refractivity contribution in [2.24, 2.45) is 0 Å². The predicted molar refractivity (Wildman–Crippen MR) is 82.8 cm³/mol. The van der Waals surface area contributed by atoms with Gasteiger partial charge in [0.25, 0.3) is 0 Å². The van der Waals surface area contributed by atoms with E-state index in [0.29, 0.717) is 21.9 Å². The molecule has 1 aromatic carbocycles. The Kier molecular flexibility index (Phi) is 3.95. The van der Waals surface area contributed by atoms with E-state index in [0.717, 1.165) is 0 Å². The number of halogens is 1. The number of nitrogens with zero attached hydrogens (tertiary/aromatic N) is 3. The molecule has 9 heteroatoms. The summed E-state index contributed by atoms with van der Waals surface area (Å²) in [5, 5.41) is 12.8. The first-order valence-electron chi connectivity index (χ1n) is 6.74. The summed E-state index contributed by atoms with van der Waals surface area (Å²) >= 11 is 1.42. The number of carboxylic acid groups (broad SMARTS) is 1. The number of hydrogen-bond acceptors (Lipinski definition) is 5. The summed E-state index contributed by atoms with van der Waals surface area (Å²) in [6, 6.07) is 3.06. The lowest BCUT2D eigenvalue weighted by atomic mass is 10.3. The van der Waals surface area contributed by atoms with Crippen LogP contribution in [0.4, 0.5) is 9.18 Å². The number of benzene rings is 1. The van der Waals surface area contributed by atoms with E-state index in [1.54, 1.807) is 6.07 Å². The van der Waals surface area contributed by atoms with E-state index in [9.17, 15) is 9.18 Å². The van der Waals surface area contributed by atoms with Gasteiger partial charge in [-0.3, -0.25) is 0 Å². The lowest BCUT2D eigenvalue weighted by molar-refractivity contribution is 0.144. The van der Waals surface area contributed by atoms with Gasteiger partial charge in [0.2, 0.25) is 5.95 Å². The molecule has 120 valence electrons. The number of nitrogens with one attached hydrogen (secondary N) is 1. The van der Waals surface area contributed by atoms with E-state index < -0.39 is 6.16 Å². The van der Waals surface area contributed by atoms with Crippen molar-refractivity contribution < 1.29 is 19.0 Å². The van der Waals surface area contributed by atoms with Crippen LogP contribution in [0.25, 0.3) is 17.0 Å². The first-order valence-corrected chi connectivity index (χ1v) is 7.62. The van der Waals surface area contributed by atoms with Gasteiger partial charge in [0.05, 0.1) is 23.4 Å². The molecule has 0 spiro atoms. The average Bonchev–Trinajstić information content (AvgIpc) is 3.04. The van der Waals surface area contributed by atoms with E-state index >= 15 is 0 Å². The Morgan fingerprint density at radius 1 is 1.48 bits per heavy atom. The largest absolute Gasteiger partial charge is 0.511 e. The van der Waals surface area contributed by atoms with Crippen molar-refractivity contribution in [3.05, 3.63) is 30.3 Å². The Hall–Kier alpha value is -2.55. The third-order valence-electron chi connectivity index (χ3n) is 2.87. The second-order valence-corrected chi connectivity index (χ2v) is 6.63. The Balaban J connectivity index is 1.96. The molecule has 23 heavy (non-hydrogen) atoms. The summed E-state index contributed by atoms with van der Waals surface area (Å²) in [7, 11) is 0. The molecule has 0 aliphatic carbocycles. The Labute approximate surface area is 134 Å². The van der Waals surface area contributed by atoms with Crippen LogP contribution in [0.3, 0.4) is 0 Å². The number of fused-ring (bicyclic) bond motifs is 1. The molecule has 0 amide bonds. The zero-order valence-electron chi connectivity index (χ0n) is 12.3. The Morgan fingerprint density at radius 3 is 2.96 bits per heavy atom. The van der Waals surface area contributed by atoms with Crippen LogP contribution in [0.5, 0.6) is 5.75 Å². The normalized spacial score (nSPS) is 11.3. The van der Waals surface area contributed by atoms with Crippen molar-refractivity contribution in [1.82, 2.24) is 19.7 Å². The molecule has 2 heterocycles. The van der Waals surface area contributed by atoms with Gasteiger partial charge in [-0.1, -0.05) is 13.8 Å². The van der Waals surface area contributed by atoms with E-state index in [1.807, 2.05) is 13.8 Å². The third-order valence-corrected chi connectivity index (χ3v) is 3.90. The minimum Gasteiger partial charge on any atom is -0.449 e. The maximum absolute atomic E-state index is 14.1. The molecule has 0 bridgehead atoms. The SMILES string of the molecule is CC(C)Sc1cc2nc(-n3cc(OC(=O)O)cn3)[nH]c2cc1F. The minimum absolute atomic E-state index is 0.0696. The van der Waals surface area contributed by atoms with Crippen LogP contribution in [-0.2, 0) is 0 Å². The van der Waals surface area contributed by atoms with Crippen LogP contribution in [0.2, 0.25) is 0 Å². The molecule has 0 radical (unpaired) electrons. The molecule has 0 aliphatic rings. The minimum atomic E-state index is -1.42. The Bertz CT molecular complexity index is 874. The molecule has 0 fully saturated rings. The second kappa shape index (κ2) is 5.92. The van der Waals surface area contributed by atoms with Crippen LogP contribution >= 0.6 is 11.8 Å². The van der Waals surface area contributed by atoms with Crippen molar-refractivity contribution in [2.45, 2.75) is 24.0 Å². The molecule has 2 aromatic heterocycles. The highest BCUT2D eigenvalue weighted by Crippen LogP contribution is 2.29. The topological polar surface area (TPSA) is 93.0 Å². The molecule has 7 nitrogen and oxygen atoms in total. The smallest absolute Gasteiger partial charge is 0.449 e. The van der Waals surface area contributed by atoms with E-state index in [4.69, 9.17) is 5.11 Å². The van der Waals surface area contributed by atoms with E-state index in [2.05, 4.69) is 19.8 Å². The highest BCUT2D eigenvalue weighted by Gasteiger charge is 2.13. The highest BCUT2D eigenvalue weighted by atomic mass is 32.2. The van der Waals surface area contributed by atoms with E-state index in [-0.39, 0.29) is 16.8 Å². The van der Waals surface area contributed by atoms with Crippen molar-refractivity contribution >= 4 is 29.0 Å². The fourth-order valence-electron chi connectivity index (χ4n) is 2.03. The molecule has 3 aromatic rings. The number of ether oxygens (including phenoxy) is 1. The van der Waals surface area contributed by atoms with Gasteiger partial charge in [-0.15, -0.1) is 11.8 Å². The van der Waals surface area contributed by atoms with Crippen molar-refractivity contribution in [2.75, 3.05) is 0 Å². The van der Waals surface area contributed by atoms with E-state index in [1.165, 1.54) is 34.9 Å². The van der Waals surface area contributed by atoms with Crippen molar-refractivity contribution in [3.8, 4) is 11.7 Å². The van der Waals surface area contributed by atoms with Gasteiger partial charge in [0.15, 0.2) is 5.75 Å². The fraction of sp³-hybridized carbons (Fsp3) is 0.214. The first kappa shape index (κ1) is 15.3. The maximum Gasteiger partial charge on any atom is 0.511 e. The number of rotatable bonds is 4. The molecule has 0 aliphatic heterocycles. The van der Waals surface area contributed by atoms with Gasteiger partial charge in [-0.25, -0.2) is 18.9 Å². The van der Waals surface area contributed by atoms with Crippen molar-refractivity contribution in [3.63, 3.8) is 0 Å². The summed E-state index contributed by atoms with van der Waals surface area (Å²) < 4.78 is 19.9. The number of aromatic nitrogens is 4. The molecular formula is C14H13FN4O3S. The highest BCUT2D eigenvalue weighted by molar-refractivity contribution is 7.99. The Morgan fingerprint density at radius 2 is 2.26 bits per heavy atom. The van der Waals surface area contributed by atoms with Gasteiger partial charge in [-0.05, 0) is 6.07 Å². The van der Waals surface area contributed by atoms with Crippen LogP contribution in [0.15, 0.2) is 29.4 Å². The van der Waals surface area contributed by atoms with Gasteiger partial charge < -0.3 is 14.8 Å². The molecule has 0 saturated carbocycles. The maximum atomic E-state index is 14.1. The lowest BCUT2D eigenvalue weighted by Crippen LogP contribution is -2.02. The van der Waals surface area contributed by atoms with Crippen LogP contribution < -0.4 is 4.74 Å². The molecule has 0 unspecified atom stereocenters. The monoisotopic (exact) mass is 336 g/mol. The zero-order valence-corrected chi connectivity index (χ0v) is 13.1. The molecule has 2 N–H and O–H groups in total. The summed E-state index contributed by atoms with van der Waals surface area (Å²) in [6.45, 7) is 3.97. The number of aromatic amines is 1. The number of imidazole rings is 1. The summed E-state index contributed by atoms with van der Waals surface area (Å²) in [5.74, 6) is 0.0910. The van der Waals surface area contributed by atoms with Crippen molar-refractivity contribution in [1.29, 1.82) is 0 Å². The standard InChI is InChI=1S/C14H13FN4O3S/c1-7(2)23-12-4-11-10(3-9(12)15)17-13(18-11)19-6-8(5-16-19)22-14(20)21/h3-7H,1-2H3,(H,17,18)(H,20,21). The summed E-state index contributed by atoms with van der Waals surface area (Å²) in [4.78, 5) is 18.3. The number of hydrogen-bond donors (Lipinski definition) is 2. The average molecular weight is 336 g/mol. The van der Waals surface area contributed by atoms with Crippen LogP contribution in [-0.4, -0.2) is 36.3 Å². The zero-order chi connectivity index (χ0) is 16.6. The third kappa shape index (κ3) is 3.29. The molecule has 0 atom stereocenters. The number of thioether (sulfide) groups is 1. The number of carbonyl (C=O) groups is 1.